The third kappa shape index (κ3) is 4.26. The molecule has 4 aromatic heterocycles. The SMILES string of the molecule is Cn1cc(-c2ccc3c(N4CCN(c5ncc(C(=O)C6CCCCC6)cn5)CC4)cnn3c2)cn1. The number of Topliss-reactive ketones (excluding diaryl/α,β-unsaturated/α-hetero) is 1. The van der Waals surface area contributed by atoms with Crippen LogP contribution >= 0.6 is 0 Å². The molecular weight excluding hydrogens is 440 g/mol. The number of hydrogen-bond donors (Lipinski definition) is 0. The predicted molar refractivity (Wildman–Crippen MR) is 135 cm³/mol. The molecule has 2 aliphatic rings. The van der Waals surface area contributed by atoms with Gasteiger partial charge in [0, 0.05) is 75.1 Å². The van der Waals surface area contributed by atoms with Gasteiger partial charge in [-0.15, -0.1) is 0 Å². The summed E-state index contributed by atoms with van der Waals surface area (Å²) in [6.45, 7) is 3.36. The lowest BCUT2D eigenvalue weighted by Gasteiger charge is -2.35. The molecule has 1 saturated carbocycles. The molecule has 0 N–H and O–H groups in total. The maximum absolute atomic E-state index is 12.8. The molecule has 180 valence electrons. The van der Waals surface area contributed by atoms with E-state index in [0.29, 0.717) is 11.5 Å². The summed E-state index contributed by atoms with van der Waals surface area (Å²) in [6, 6.07) is 4.25. The second-order valence-electron chi connectivity index (χ2n) is 9.63. The molecule has 0 amide bonds. The fourth-order valence-corrected chi connectivity index (χ4v) is 5.31. The van der Waals surface area contributed by atoms with Gasteiger partial charge in [-0.3, -0.25) is 9.48 Å². The van der Waals surface area contributed by atoms with Crippen molar-refractivity contribution in [1.29, 1.82) is 0 Å². The number of aromatic nitrogens is 6. The van der Waals surface area contributed by atoms with Crippen molar-refractivity contribution >= 4 is 22.9 Å². The normalized spacial score (nSPS) is 17.3. The van der Waals surface area contributed by atoms with E-state index in [1.165, 1.54) is 6.42 Å². The molecule has 5 heterocycles. The first kappa shape index (κ1) is 21.8. The van der Waals surface area contributed by atoms with Crippen LogP contribution in [0.1, 0.15) is 42.5 Å². The van der Waals surface area contributed by atoms with Gasteiger partial charge in [-0.1, -0.05) is 25.3 Å². The van der Waals surface area contributed by atoms with E-state index in [2.05, 4.69) is 48.3 Å². The van der Waals surface area contributed by atoms with Crippen LogP contribution in [-0.4, -0.2) is 61.3 Å². The smallest absolute Gasteiger partial charge is 0.225 e. The van der Waals surface area contributed by atoms with Gasteiger partial charge in [0.1, 0.15) is 0 Å². The summed E-state index contributed by atoms with van der Waals surface area (Å²) >= 11 is 0. The van der Waals surface area contributed by atoms with Gasteiger partial charge in [-0.05, 0) is 18.9 Å². The minimum atomic E-state index is 0.146. The Hall–Kier alpha value is -3.75. The summed E-state index contributed by atoms with van der Waals surface area (Å²) in [5.41, 5.74) is 5.04. The van der Waals surface area contributed by atoms with Gasteiger partial charge in [0.25, 0.3) is 0 Å². The molecule has 4 aromatic rings. The zero-order valence-electron chi connectivity index (χ0n) is 20.0. The van der Waals surface area contributed by atoms with Crippen LogP contribution in [0.4, 0.5) is 11.6 Å². The number of aryl methyl sites for hydroxylation is 1. The van der Waals surface area contributed by atoms with Crippen LogP contribution in [0.5, 0.6) is 0 Å². The molecule has 9 nitrogen and oxygen atoms in total. The second-order valence-corrected chi connectivity index (χ2v) is 9.63. The molecule has 1 saturated heterocycles. The number of pyridine rings is 1. The van der Waals surface area contributed by atoms with Crippen molar-refractivity contribution in [3.05, 3.63) is 54.9 Å². The molecule has 0 atom stereocenters. The third-order valence-corrected chi connectivity index (χ3v) is 7.34. The fraction of sp³-hybridized carbons (Fsp3) is 0.423. The van der Waals surface area contributed by atoms with Crippen LogP contribution < -0.4 is 9.80 Å². The Morgan fingerprint density at radius 3 is 2.29 bits per heavy atom. The van der Waals surface area contributed by atoms with Gasteiger partial charge in [0.15, 0.2) is 5.78 Å². The average molecular weight is 471 g/mol. The van der Waals surface area contributed by atoms with Crippen LogP contribution in [0.25, 0.3) is 16.6 Å². The highest BCUT2D eigenvalue weighted by Crippen LogP contribution is 2.28. The van der Waals surface area contributed by atoms with E-state index in [1.807, 2.05) is 30.2 Å². The summed E-state index contributed by atoms with van der Waals surface area (Å²) in [5, 5.41) is 8.87. The number of anilines is 2. The molecule has 0 radical (unpaired) electrons. The number of hydrogen-bond acceptors (Lipinski definition) is 7. The van der Waals surface area contributed by atoms with Gasteiger partial charge in [0.05, 0.1) is 29.2 Å². The third-order valence-electron chi connectivity index (χ3n) is 7.34. The maximum Gasteiger partial charge on any atom is 0.225 e. The Morgan fingerprint density at radius 2 is 1.57 bits per heavy atom. The Labute approximate surface area is 204 Å². The van der Waals surface area contributed by atoms with E-state index < -0.39 is 0 Å². The number of piperazine rings is 1. The van der Waals surface area contributed by atoms with Crippen LogP contribution in [0.2, 0.25) is 0 Å². The van der Waals surface area contributed by atoms with Crippen LogP contribution in [0.15, 0.2) is 49.3 Å². The van der Waals surface area contributed by atoms with E-state index >= 15 is 0 Å². The zero-order valence-corrected chi connectivity index (χ0v) is 20.0. The molecule has 1 aliphatic carbocycles. The van der Waals surface area contributed by atoms with E-state index in [0.717, 1.165) is 74.2 Å². The van der Waals surface area contributed by atoms with E-state index in [4.69, 9.17) is 0 Å². The Balaban J connectivity index is 1.11. The highest BCUT2D eigenvalue weighted by Gasteiger charge is 2.25. The van der Waals surface area contributed by atoms with Gasteiger partial charge in [0.2, 0.25) is 5.95 Å². The lowest BCUT2D eigenvalue weighted by Crippen LogP contribution is -2.47. The Bertz CT molecular complexity index is 1330. The molecule has 6 rings (SSSR count). The Morgan fingerprint density at radius 1 is 0.829 bits per heavy atom. The molecule has 0 unspecified atom stereocenters. The van der Waals surface area contributed by atoms with Crippen LogP contribution in [0.3, 0.4) is 0 Å². The van der Waals surface area contributed by atoms with Crippen molar-refractivity contribution in [2.24, 2.45) is 13.0 Å². The van der Waals surface area contributed by atoms with Crippen molar-refractivity contribution in [3.63, 3.8) is 0 Å². The van der Waals surface area contributed by atoms with Crippen molar-refractivity contribution < 1.29 is 4.79 Å². The average Bonchev–Trinajstić information content (AvgIpc) is 3.55. The minimum Gasteiger partial charge on any atom is -0.365 e. The van der Waals surface area contributed by atoms with Crippen LogP contribution in [0, 0.1) is 5.92 Å². The van der Waals surface area contributed by atoms with Crippen molar-refractivity contribution in [3.8, 4) is 11.1 Å². The first-order valence-electron chi connectivity index (χ1n) is 12.5. The second kappa shape index (κ2) is 9.13. The Kier molecular flexibility index (Phi) is 5.67. The van der Waals surface area contributed by atoms with Crippen molar-refractivity contribution in [1.82, 2.24) is 29.4 Å². The van der Waals surface area contributed by atoms with Gasteiger partial charge in [-0.25, -0.2) is 14.5 Å². The number of nitrogens with zero attached hydrogens (tertiary/aromatic N) is 8. The summed E-state index contributed by atoms with van der Waals surface area (Å²) < 4.78 is 3.74. The van der Waals surface area contributed by atoms with Crippen molar-refractivity contribution in [2.75, 3.05) is 36.0 Å². The standard InChI is InChI=1S/C26H30N8O/c1-31-17-22(15-29-31)20-7-8-23-24(16-30-34(23)18-20)32-9-11-33(12-10-32)26-27-13-21(14-28-26)25(35)19-5-3-2-4-6-19/h7-8,13-19H,2-6,9-12H2,1H3. The highest BCUT2D eigenvalue weighted by molar-refractivity contribution is 5.97. The topological polar surface area (TPSA) is 84.5 Å². The number of ketones is 1. The largest absolute Gasteiger partial charge is 0.365 e. The monoisotopic (exact) mass is 470 g/mol. The van der Waals surface area contributed by atoms with E-state index in [1.54, 1.807) is 17.1 Å². The summed E-state index contributed by atoms with van der Waals surface area (Å²) in [6.07, 6.45) is 16.8. The molecular formula is C26H30N8O. The van der Waals surface area contributed by atoms with E-state index in [-0.39, 0.29) is 11.7 Å². The highest BCUT2D eigenvalue weighted by atomic mass is 16.1. The van der Waals surface area contributed by atoms with Gasteiger partial charge < -0.3 is 9.80 Å². The molecule has 1 aliphatic heterocycles. The molecule has 9 heteroatoms. The quantitative estimate of drug-likeness (QED) is 0.412. The molecule has 0 spiro atoms. The summed E-state index contributed by atoms with van der Waals surface area (Å²) in [4.78, 5) is 26.4. The fourth-order valence-electron chi connectivity index (χ4n) is 5.31. The summed E-state index contributed by atoms with van der Waals surface area (Å²) in [5.74, 6) is 1.06. The lowest BCUT2D eigenvalue weighted by atomic mass is 9.84. The first-order valence-corrected chi connectivity index (χ1v) is 12.5. The first-order chi connectivity index (χ1) is 17.2. The van der Waals surface area contributed by atoms with Gasteiger partial charge >= 0.3 is 0 Å². The van der Waals surface area contributed by atoms with Crippen LogP contribution in [-0.2, 0) is 7.05 Å². The maximum atomic E-state index is 12.8. The lowest BCUT2D eigenvalue weighted by molar-refractivity contribution is 0.0889. The van der Waals surface area contributed by atoms with E-state index in [9.17, 15) is 4.79 Å². The number of carbonyl (C=O) groups excluding carboxylic acids is 1. The predicted octanol–water partition coefficient (Wildman–Crippen LogP) is 3.61. The number of carbonyl (C=O) groups is 1. The molecule has 0 bridgehead atoms. The zero-order chi connectivity index (χ0) is 23.8. The number of rotatable bonds is 5. The molecule has 0 aromatic carbocycles. The molecule has 35 heavy (non-hydrogen) atoms. The number of fused-ring (bicyclic) bond motifs is 1. The summed E-state index contributed by atoms with van der Waals surface area (Å²) in [7, 11) is 1.92. The minimum absolute atomic E-state index is 0.146. The molecule has 2 fully saturated rings. The van der Waals surface area contributed by atoms with Crippen molar-refractivity contribution in [2.45, 2.75) is 32.1 Å². The van der Waals surface area contributed by atoms with Gasteiger partial charge in [-0.2, -0.15) is 10.2 Å².